The molecule has 0 saturated carbocycles. The van der Waals surface area contributed by atoms with Crippen molar-refractivity contribution < 1.29 is 8.54 Å². The Balaban J connectivity index is 3.93. The molecule has 0 aromatic heterocycles. The Hall–Kier alpha value is 0.354. The summed E-state index contributed by atoms with van der Waals surface area (Å²) in [5.74, 6) is 0. The molecule has 0 rings (SSSR count). The summed E-state index contributed by atoms with van der Waals surface area (Å²) in [5.41, 5.74) is 0. The summed E-state index contributed by atoms with van der Waals surface area (Å²) in [6, 6.07) is 1.26. The van der Waals surface area contributed by atoms with Crippen LogP contribution in [0.5, 0.6) is 0 Å². The van der Waals surface area contributed by atoms with Gasteiger partial charge in [0, 0.05) is 7.11 Å². The lowest BCUT2D eigenvalue weighted by molar-refractivity contribution is 0.309. The minimum Gasteiger partial charge on any atom is -0.436 e. The molecule has 0 spiro atoms. The predicted molar refractivity (Wildman–Crippen MR) is 67.4 cm³/mol. The third-order valence-electron chi connectivity index (χ3n) is 2.40. The molecule has 0 saturated heterocycles. The zero-order valence-corrected chi connectivity index (χ0v) is 12.6. The average Bonchev–Trinajstić information content (AvgIpc) is 2.03. The highest BCUT2D eigenvalue weighted by Crippen LogP contribution is 2.21. The molecule has 0 aliphatic rings. The first-order valence-electron chi connectivity index (χ1n) is 5.58. The number of hydrogen-bond acceptors (Lipinski definition) is 2. The second kappa shape index (κ2) is 6.05. The highest BCUT2D eigenvalue weighted by molar-refractivity contribution is 6.82. The molecule has 0 unspecified atom stereocenters. The summed E-state index contributed by atoms with van der Waals surface area (Å²) in [5, 5.41) is 0. The highest BCUT2D eigenvalue weighted by atomic mass is 28.4. The van der Waals surface area contributed by atoms with Crippen LogP contribution in [0.2, 0.25) is 32.2 Å². The van der Waals surface area contributed by atoms with E-state index in [-0.39, 0.29) is 0 Å². The average molecular weight is 234 g/mol. The van der Waals surface area contributed by atoms with E-state index in [1.54, 1.807) is 7.11 Å². The van der Waals surface area contributed by atoms with Crippen molar-refractivity contribution in [2.24, 2.45) is 0 Å². The summed E-state index contributed by atoms with van der Waals surface area (Å²) >= 11 is 0. The van der Waals surface area contributed by atoms with Crippen molar-refractivity contribution in [2.75, 3.05) is 7.11 Å². The van der Waals surface area contributed by atoms with Gasteiger partial charge in [0.1, 0.15) is 0 Å². The summed E-state index contributed by atoms with van der Waals surface area (Å²) in [6.07, 6.45) is 3.92. The van der Waals surface area contributed by atoms with Crippen LogP contribution in [0.3, 0.4) is 0 Å². The minimum absolute atomic E-state index is 1.26. The van der Waals surface area contributed by atoms with Gasteiger partial charge in [-0.15, -0.1) is 0 Å². The number of hydrogen-bond donors (Lipinski definition) is 0. The van der Waals surface area contributed by atoms with Gasteiger partial charge in [-0.3, -0.25) is 0 Å². The number of rotatable bonds is 7. The van der Waals surface area contributed by atoms with Gasteiger partial charge in [-0.05, 0) is 32.2 Å². The van der Waals surface area contributed by atoms with Crippen molar-refractivity contribution in [1.29, 1.82) is 0 Å². The molecule has 0 N–H and O–H groups in total. The standard InChI is InChI=1S/C10H26O2Si2/c1-7-8-9-10-13(3,4)12-14(5,6)11-2/h7-10H2,1-6H3. The van der Waals surface area contributed by atoms with Crippen molar-refractivity contribution >= 4 is 16.9 Å². The Kier molecular flexibility index (Phi) is 6.20. The van der Waals surface area contributed by atoms with Crippen LogP contribution in [-0.4, -0.2) is 24.0 Å². The van der Waals surface area contributed by atoms with Crippen molar-refractivity contribution in [1.82, 2.24) is 0 Å². The molecule has 86 valence electrons. The Morgan fingerprint density at radius 2 is 1.57 bits per heavy atom. The van der Waals surface area contributed by atoms with Gasteiger partial charge >= 0.3 is 8.56 Å². The van der Waals surface area contributed by atoms with Gasteiger partial charge in [-0.2, -0.15) is 0 Å². The molecule has 0 aliphatic heterocycles. The molecule has 0 aromatic carbocycles. The van der Waals surface area contributed by atoms with E-state index < -0.39 is 16.9 Å². The predicted octanol–water partition coefficient (Wildman–Crippen LogP) is 3.75. The van der Waals surface area contributed by atoms with Crippen LogP contribution in [-0.2, 0) is 8.54 Å². The molecule has 0 bridgehead atoms. The quantitative estimate of drug-likeness (QED) is 0.493. The molecular formula is C10H26O2Si2. The summed E-state index contributed by atoms with van der Waals surface area (Å²) in [7, 11) is -1.50. The van der Waals surface area contributed by atoms with E-state index in [0.717, 1.165) is 0 Å². The van der Waals surface area contributed by atoms with Crippen LogP contribution in [0.1, 0.15) is 26.2 Å². The Bertz CT molecular complexity index is 158. The largest absolute Gasteiger partial charge is 0.436 e. The maximum Gasteiger partial charge on any atom is 0.321 e. The van der Waals surface area contributed by atoms with E-state index in [1.165, 1.54) is 25.3 Å². The van der Waals surface area contributed by atoms with Crippen LogP contribution in [0, 0.1) is 0 Å². The fourth-order valence-corrected chi connectivity index (χ4v) is 8.72. The maximum absolute atomic E-state index is 6.18. The van der Waals surface area contributed by atoms with E-state index in [1.807, 2.05) is 0 Å². The van der Waals surface area contributed by atoms with Crippen molar-refractivity contribution in [3.8, 4) is 0 Å². The lowest BCUT2D eigenvalue weighted by Gasteiger charge is -2.32. The van der Waals surface area contributed by atoms with Crippen LogP contribution >= 0.6 is 0 Å². The maximum atomic E-state index is 6.18. The third-order valence-corrected chi connectivity index (χ3v) is 9.11. The van der Waals surface area contributed by atoms with E-state index in [0.29, 0.717) is 0 Å². The monoisotopic (exact) mass is 234 g/mol. The van der Waals surface area contributed by atoms with Crippen molar-refractivity contribution in [3.05, 3.63) is 0 Å². The van der Waals surface area contributed by atoms with Gasteiger partial charge in [0.05, 0.1) is 0 Å². The molecule has 4 heteroatoms. The lowest BCUT2D eigenvalue weighted by atomic mass is 10.3. The number of unbranched alkanes of at least 4 members (excludes halogenated alkanes) is 2. The van der Waals surface area contributed by atoms with Gasteiger partial charge in [-0.25, -0.2) is 0 Å². The third kappa shape index (κ3) is 6.76. The SMILES string of the molecule is CCCCC[Si](C)(C)O[Si](C)(C)OC. The first-order valence-corrected chi connectivity index (χ1v) is 11.5. The molecule has 0 amide bonds. The van der Waals surface area contributed by atoms with Gasteiger partial charge in [0.25, 0.3) is 0 Å². The first-order chi connectivity index (χ1) is 6.33. The first kappa shape index (κ1) is 14.4. The normalized spacial score (nSPS) is 13.3. The molecule has 0 aromatic rings. The minimum atomic E-state index is -1.81. The smallest absolute Gasteiger partial charge is 0.321 e. The van der Waals surface area contributed by atoms with E-state index in [2.05, 4.69) is 33.1 Å². The summed E-state index contributed by atoms with van der Waals surface area (Å²) in [4.78, 5) is 0. The molecule has 14 heavy (non-hydrogen) atoms. The van der Waals surface area contributed by atoms with Crippen LogP contribution in [0.25, 0.3) is 0 Å². The lowest BCUT2D eigenvalue weighted by Crippen LogP contribution is -2.45. The molecular weight excluding hydrogens is 208 g/mol. The van der Waals surface area contributed by atoms with Crippen LogP contribution in [0.15, 0.2) is 0 Å². The van der Waals surface area contributed by atoms with Crippen LogP contribution < -0.4 is 0 Å². The second-order valence-corrected chi connectivity index (χ2v) is 13.0. The van der Waals surface area contributed by atoms with Crippen molar-refractivity contribution in [2.45, 2.75) is 58.4 Å². The summed E-state index contributed by atoms with van der Waals surface area (Å²) in [6.45, 7) is 11.1. The molecule has 0 heterocycles. The molecule has 2 nitrogen and oxygen atoms in total. The fourth-order valence-electron chi connectivity index (χ4n) is 1.56. The molecule has 0 radical (unpaired) electrons. The Morgan fingerprint density at radius 3 is 2.00 bits per heavy atom. The van der Waals surface area contributed by atoms with E-state index in [9.17, 15) is 0 Å². The van der Waals surface area contributed by atoms with E-state index in [4.69, 9.17) is 8.54 Å². The zero-order chi connectivity index (χ0) is 11.2. The Morgan fingerprint density at radius 1 is 1.00 bits per heavy atom. The topological polar surface area (TPSA) is 18.5 Å². The van der Waals surface area contributed by atoms with Gasteiger partial charge < -0.3 is 8.54 Å². The molecule has 0 atom stereocenters. The van der Waals surface area contributed by atoms with Gasteiger partial charge in [0.15, 0.2) is 8.32 Å². The Labute approximate surface area is 91.4 Å². The second-order valence-electron chi connectivity index (χ2n) is 4.92. The highest BCUT2D eigenvalue weighted by Gasteiger charge is 2.33. The van der Waals surface area contributed by atoms with Gasteiger partial charge in [0.2, 0.25) is 0 Å². The van der Waals surface area contributed by atoms with Crippen molar-refractivity contribution in [3.63, 3.8) is 0 Å². The molecule has 0 aliphatic carbocycles. The fraction of sp³-hybridized carbons (Fsp3) is 1.00. The summed E-state index contributed by atoms with van der Waals surface area (Å²) < 4.78 is 11.6. The van der Waals surface area contributed by atoms with Crippen LogP contribution in [0.4, 0.5) is 0 Å². The van der Waals surface area contributed by atoms with E-state index >= 15 is 0 Å². The zero-order valence-electron chi connectivity index (χ0n) is 10.6. The van der Waals surface area contributed by atoms with Gasteiger partial charge in [-0.1, -0.05) is 26.2 Å². The molecule has 0 fully saturated rings.